The number of piperidine rings is 1. The monoisotopic (exact) mass is 500 g/mol. The van der Waals surface area contributed by atoms with Gasteiger partial charge in [0.1, 0.15) is 5.82 Å². The fourth-order valence-electron chi connectivity index (χ4n) is 3.89. The van der Waals surface area contributed by atoms with Crippen LogP contribution >= 0.6 is 24.0 Å². The second-order valence-corrected chi connectivity index (χ2v) is 7.95. The van der Waals surface area contributed by atoms with Crippen LogP contribution in [-0.2, 0) is 6.54 Å². The molecule has 7 heteroatoms. The van der Waals surface area contributed by atoms with Gasteiger partial charge < -0.3 is 20.4 Å². The summed E-state index contributed by atoms with van der Waals surface area (Å²) in [5.74, 6) is 2.88. The van der Waals surface area contributed by atoms with Gasteiger partial charge in [0, 0.05) is 39.4 Å². The van der Waals surface area contributed by atoms with Gasteiger partial charge in [-0.25, -0.2) is 4.98 Å². The minimum atomic E-state index is 0. The number of rotatable bonds is 7. The maximum absolute atomic E-state index is 4.53. The lowest BCUT2D eigenvalue weighted by molar-refractivity contribution is 0.191. The molecule has 3 rings (SSSR count). The van der Waals surface area contributed by atoms with Crippen LogP contribution in [0.4, 0.5) is 5.82 Å². The predicted molar refractivity (Wildman–Crippen MR) is 129 cm³/mol. The van der Waals surface area contributed by atoms with E-state index in [1.54, 1.807) is 0 Å². The topological polar surface area (TPSA) is 55.8 Å². The molecule has 0 amide bonds. The molecule has 0 spiro atoms. The summed E-state index contributed by atoms with van der Waals surface area (Å²) < 4.78 is 0. The summed E-state index contributed by atoms with van der Waals surface area (Å²) in [4.78, 5) is 13.8. The van der Waals surface area contributed by atoms with Crippen molar-refractivity contribution in [2.24, 2.45) is 10.9 Å². The number of aromatic nitrogens is 1. The van der Waals surface area contributed by atoms with Crippen LogP contribution in [0.3, 0.4) is 0 Å². The van der Waals surface area contributed by atoms with E-state index >= 15 is 0 Å². The van der Waals surface area contributed by atoms with Gasteiger partial charge in [0.15, 0.2) is 5.96 Å². The van der Waals surface area contributed by atoms with Gasteiger partial charge in [-0.3, -0.25) is 4.99 Å². The van der Waals surface area contributed by atoms with Crippen molar-refractivity contribution in [1.82, 2.24) is 20.5 Å². The fourth-order valence-corrected chi connectivity index (χ4v) is 3.89. The number of likely N-dealkylation sites (tertiary alicyclic amines) is 1. The summed E-state index contributed by atoms with van der Waals surface area (Å²) in [6.45, 7) is 10.1. The van der Waals surface area contributed by atoms with Crippen LogP contribution in [0.5, 0.6) is 0 Å². The number of nitrogens with zero attached hydrogens (tertiary/aromatic N) is 4. The Morgan fingerprint density at radius 1 is 1.18 bits per heavy atom. The van der Waals surface area contributed by atoms with E-state index in [0.717, 1.165) is 50.3 Å². The summed E-state index contributed by atoms with van der Waals surface area (Å²) in [5, 5.41) is 6.87. The Morgan fingerprint density at radius 2 is 1.93 bits per heavy atom. The van der Waals surface area contributed by atoms with Crippen molar-refractivity contribution in [3.63, 3.8) is 0 Å². The molecule has 0 radical (unpaired) electrons. The van der Waals surface area contributed by atoms with Crippen LogP contribution in [0.2, 0.25) is 0 Å². The molecule has 2 saturated heterocycles. The maximum atomic E-state index is 4.53. The number of hydrogen-bond donors (Lipinski definition) is 2. The van der Waals surface area contributed by atoms with E-state index in [0.29, 0.717) is 0 Å². The van der Waals surface area contributed by atoms with Crippen molar-refractivity contribution in [3.8, 4) is 0 Å². The van der Waals surface area contributed by atoms with Crippen molar-refractivity contribution >= 4 is 35.8 Å². The summed E-state index contributed by atoms with van der Waals surface area (Å²) >= 11 is 0. The molecule has 2 aliphatic heterocycles. The highest BCUT2D eigenvalue weighted by Gasteiger charge is 2.15. The van der Waals surface area contributed by atoms with E-state index < -0.39 is 0 Å². The van der Waals surface area contributed by atoms with Gasteiger partial charge in [-0.2, -0.15) is 0 Å². The molecule has 0 bridgehead atoms. The Bertz CT molecular complexity index is 594. The highest BCUT2D eigenvalue weighted by atomic mass is 127. The van der Waals surface area contributed by atoms with Crippen molar-refractivity contribution in [2.75, 3.05) is 51.2 Å². The average molecular weight is 500 g/mol. The summed E-state index contributed by atoms with van der Waals surface area (Å²) in [6.07, 6.45) is 8.32. The van der Waals surface area contributed by atoms with Gasteiger partial charge in [0.25, 0.3) is 0 Å². The SMILES string of the molecule is CN=C(NCCCN1CCC(C)CC1)NCc1ccnc(N2CCCC2)c1.I. The zero-order valence-corrected chi connectivity index (χ0v) is 19.8. The molecule has 2 fully saturated rings. The Kier molecular flexibility index (Phi) is 10.3. The van der Waals surface area contributed by atoms with E-state index in [9.17, 15) is 0 Å². The molecule has 28 heavy (non-hydrogen) atoms. The first-order chi connectivity index (χ1) is 13.2. The number of pyridine rings is 1. The summed E-state index contributed by atoms with van der Waals surface area (Å²) in [7, 11) is 1.84. The molecule has 0 aliphatic carbocycles. The quantitative estimate of drug-likeness (QED) is 0.261. The minimum absolute atomic E-state index is 0. The van der Waals surface area contributed by atoms with Crippen LogP contribution in [0.15, 0.2) is 23.3 Å². The lowest BCUT2D eigenvalue weighted by Crippen LogP contribution is -2.39. The van der Waals surface area contributed by atoms with Crippen LogP contribution in [0.25, 0.3) is 0 Å². The zero-order chi connectivity index (χ0) is 18.9. The molecule has 0 saturated carbocycles. The molecular weight excluding hydrogens is 463 g/mol. The fraction of sp³-hybridized carbons (Fsp3) is 0.714. The minimum Gasteiger partial charge on any atom is -0.357 e. The van der Waals surface area contributed by atoms with E-state index in [1.807, 2.05) is 13.2 Å². The van der Waals surface area contributed by atoms with Crippen LogP contribution < -0.4 is 15.5 Å². The molecule has 1 aromatic heterocycles. The van der Waals surface area contributed by atoms with Crippen LogP contribution in [0.1, 0.15) is 44.6 Å². The van der Waals surface area contributed by atoms with Crippen molar-refractivity contribution < 1.29 is 0 Å². The zero-order valence-electron chi connectivity index (χ0n) is 17.5. The van der Waals surface area contributed by atoms with Crippen molar-refractivity contribution in [1.29, 1.82) is 0 Å². The molecule has 6 nitrogen and oxygen atoms in total. The summed E-state index contributed by atoms with van der Waals surface area (Å²) in [6, 6.07) is 4.28. The third-order valence-electron chi connectivity index (χ3n) is 5.74. The van der Waals surface area contributed by atoms with E-state index in [4.69, 9.17) is 0 Å². The van der Waals surface area contributed by atoms with Gasteiger partial charge in [-0.15, -0.1) is 24.0 Å². The van der Waals surface area contributed by atoms with E-state index in [2.05, 4.69) is 49.5 Å². The first kappa shape index (κ1) is 23.2. The number of guanidine groups is 1. The molecule has 0 unspecified atom stereocenters. The highest BCUT2D eigenvalue weighted by molar-refractivity contribution is 14.0. The van der Waals surface area contributed by atoms with E-state index in [-0.39, 0.29) is 24.0 Å². The molecule has 1 aromatic rings. The number of aliphatic imine (C=N–C) groups is 1. The Balaban J connectivity index is 0.00000280. The molecule has 2 N–H and O–H groups in total. The first-order valence-corrected chi connectivity index (χ1v) is 10.6. The number of nitrogens with one attached hydrogen (secondary N) is 2. The van der Waals surface area contributed by atoms with Crippen molar-refractivity contribution in [2.45, 2.75) is 45.6 Å². The summed E-state index contributed by atoms with van der Waals surface area (Å²) in [5.41, 5.74) is 1.25. The Labute approximate surface area is 187 Å². The third-order valence-corrected chi connectivity index (χ3v) is 5.74. The maximum Gasteiger partial charge on any atom is 0.191 e. The van der Waals surface area contributed by atoms with Crippen LogP contribution in [0, 0.1) is 5.92 Å². The second kappa shape index (κ2) is 12.5. The molecule has 0 atom stereocenters. The van der Waals surface area contributed by atoms with Gasteiger partial charge in [-0.05, 0) is 75.4 Å². The number of hydrogen-bond acceptors (Lipinski definition) is 4. The lowest BCUT2D eigenvalue weighted by Gasteiger charge is -2.30. The number of anilines is 1. The average Bonchev–Trinajstić information content (AvgIpc) is 3.24. The normalized spacial score (nSPS) is 18.8. The second-order valence-electron chi connectivity index (χ2n) is 7.95. The molecule has 0 aromatic carbocycles. The standard InChI is InChI=1S/C21H36N6.HI/c1-18-7-14-26(15-8-18)11-5-9-24-21(22-2)25-17-19-6-10-23-20(16-19)27-12-3-4-13-27;/h6,10,16,18H,3-5,7-9,11-15,17H2,1-2H3,(H2,22,24,25);1H. The Morgan fingerprint density at radius 3 is 2.64 bits per heavy atom. The van der Waals surface area contributed by atoms with Gasteiger partial charge in [-0.1, -0.05) is 6.92 Å². The van der Waals surface area contributed by atoms with Crippen LogP contribution in [-0.4, -0.2) is 62.2 Å². The van der Waals surface area contributed by atoms with Gasteiger partial charge in [0.05, 0.1) is 0 Å². The van der Waals surface area contributed by atoms with Gasteiger partial charge >= 0.3 is 0 Å². The molecule has 2 aliphatic rings. The smallest absolute Gasteiger partial charge is 0.191 e. The van der Waals surface area contributed by atoms with Crippen molar-refractivity contribution in [3.05, 3.63) is 23.9 Å². The van der Waals surface area contributed by atoms with E-state index in [1.165, 1.54) is 50.9 Å². The lowest BCUT2D eigenvalue weighted by atomic mass is 9.99. The molecule has 158 valence electrons. The van der Waals surface area contributed by atoms with Gasteiger partial charge in [0.2, 0.25) is 0 Å². The predicted octanol–water partition coefficient (Wildman–Crippen LogP) is 3.09. The molecule has 3 heterocycles. The third kappa shape index (κ3) is 7.39. The largest absolute Gasteiger partial charge is 0.357 e. The molecular formula is C21H37IN6. The number of halogens is 1. The Hall–Kier alpha value is -1.09. The highest BCUT2D eigenvalue weighted by Crippen LogP contribution is 2.18. The first-order valence-electron chi connectivity index (χ1n) is 10.6.